The average Bonchev–Trinajstić information content (AvgIpc) is 2.37. The highest BCUT2D eigenvalue weighted by molar-refractivity contribution is 5.85. The van der Waals surface area contributed by atoms with E-state index in [0.29, 0.717) is 19.2 Å². The van der Waals surface area contributed by atoms with Crippen molar-refractivity contribution in [3.63, 3.8) is 0 Å². The average molecular weight is 336 g/mol. The van der Waals surface area contributed by atoms with Gasteiger partial charge in [0.1, 0.15) is 0 Å². The molecule has 1 atom stereocenters. The summed E-state index contributed by atoms with van der Waals surface area (Å²) in [7, 11) is 0. The molecule has 1 fully saturated rings. The summed E-state index contributed by atoms with van der Waals surface area (Å²) in [6.07, 6.45) is -9.66. The van der Waals surface area contributed by atoms with E-state index in [2.05, 4.69) is 5.32 Å². The minimum absolute atomic E-state index is 0. The van der Waals surface area contributed by atoms with Crippen molar-refractivity contribution < 1.29 is 31.1 Å². The fourth-order valence-electron chi connectivity index (χ4n) is 2.05. The van der Waals surface area contributed by atoms with Crippen LogP contribution in [0.2, 0.25) is 0 Å². The third-order valence-electron chi connectivity index (χ3n) is 2.98. The molecule has 0 amide bonds. The van der Waals surface area contributed by atoms with E-state index in [1.54, 1.807) is 0 Å². The molecule has 1 heterocycles. The maximum atomic E-state index is 12.9. The molecule has 21 heavy (non-hydrogen) atoms. The Morgan fingerprint density at radius 3 is 2.19 bits per heavy atom. The third kappa shape index (κ3) is 4.24. The summed E-state index contributed by atoms with van der Waals surface area (Å²) in [5.41, 5.74) is -2.83. The number of halogens is 7. The molecule has 2 rings (SSSR count). The first-order chi connectivity index (χ1) is 9.19. The van der Waals surface area contributed by atoms with Crippen LogP contribution in [-0.2, 0) is 17.1 Å². The molecule has 1 saturated heterocycles. The number of benzene rings is 1. The smallest absolute Gasteiger partial charge is 0.378 e. The van der Waals surface area contributed by atoms with Crippen molar-refractivity contribution in [3.05, 3.63) is 34.9 Å². The summed E-state index contributed by atoms with van der Waals surface area (Å²) in [5, 5.41) is 2.80. The van der Waals surface area contributed by atoms with E-state index in [-0.39, 0.29) is 30.6 Å². The first kappa shape index (κ1) is 18.1. The van der Waals surface area contributed by atoms with E-state index in [1.807, 2.05) is 0 Å². The molecule has 0 aromatic heterocycles. The summed E-state index contributed by atoms with van der Waals surface area (Å²) in [6.45, 7) is 0.704. The highest BCUT2D eigenvalue weighted by Gasteiger charge is 2.39. The molecule has 0 unspecified atom stereocenters. The van der Waals surface area contributed by atoms with E-state index in [9.17, 15) is 26.3 Å². The summed E-state index contributed by atoms with van der Waals surface area (Å²) >= 11 is 0. The van der Waals surface area contributed by atoms with Crippen LogP contribution >= 0.6 is 12.4 Å². The Morgan fingerprint density at radius 2 is 1.71 bits per heavy atom. The lowest BCUT2D eigenvalue weighted by molar-refractivity contribution is -0.143. The van der Waals surface area contributed by atoms with Crippen LogP contribution in [0.25, 0.3) is 0 Å². The van der Waals surface area contributed by atoms with Gasteiger partial charge in [-0.3, -0.25) is 0 Å². The van der Waals surface area contributed by atoms with Gasteiger partial charge in [0.15, 0.2) is 0 Å². The second-order valence-electron chi connectivity index (χ2n) is 4.38. The van der Waals surface area contributed by atoms with Crippen molar-refractivity contribution in [2.75, 3.05) is 19.8 Å². The zero-order valence-corrected chi connectivity index (χ0v) is 11.3. The summed E-state index contributed by atoms with van der Waals surface area (Å²) in [4.78, 5) is 0. The Balaban J connectivity index is 0.00000220. The van der Waals surface area contributed by atoms with Crippen molar-refractivity contribution in [1.82, 2.24) is 5.32 Å². The SMILES string of the molecule is Cl.FC(F)(F)c1ccc([C@H]2COCCN2)c(C(F)(F)F)c1. The molecule has 2 nitrogen and oxygen atoms in total. The van der Waals surface area contributed by atoms with E-state index >= 15 is 0 Å². The maximum Gasteiger partial charge on any atom is 0.416 e. The molecule has 0 radical (unpaired) electrons. The Hall–Kier alpha value is -0.990. The van der Waals surface area contributed by atoms with Gasteiger partial charge in [0.2, 0.25) is 0 Å². The Labute approximate surface area is 122 Å². The first-order valence-electron chi connectivity index (χ1n) is 5.79. The number of morpholine rings is 1. The van der Waals surface area contributed by atoms with Gasteiger partial charge in [0, 0.05) is 6.54 Å². The van der Waals surface area contributed by atoms with Gasteiger partial charge in [0.25, 0.3) is 0 Å². The van der Waals surface area contributed by atoms with Crippen molar-refractivity contribution in [2.24, 2.45) is 0 Å². The van der Waals surface area contributed by atoms with Crippen molar-refractivity contribution in [2.45, 2.75) is 18.4 Å². The quantitative estimate of drug-likeness (QED) is 0.788. The summed E-state index contributed by atoms with van der Waals surface area (Å²) in [5.74, 6) is 0. The van der Waals surface area contributed by atoms with Crippen LogP contribution in [0.15, 0.2) is 18.2 Å². The van der Waals surface area contributed by atoms with E-state index in [4.69, 9.17) is 4.74 Å². The predicted molar refractivity (Wildman–Crippen MR) is 65.3 cm³/mol. The van der Waals surface area contributed by atoms with E-state index < -0.39 is 29.5 Å². The van der Waals surface area contributed by atoms with Gasteiger partial charge < -0.3 is 10.1 Å². The zero-order valence-electron chi connectivity index (χ0n) is 10.5. The largest absolute Gasteiger partial charge is 0.416 e. The topological polar surface area (TPSA) is 21.3 Å². The Morgan fingerprint density at radius 1 is 1.05 bits per heavy atom. The van der Waals surface area contributed by atoms with Crippen LogP contribution in [0, 0.1) is 0 Å². The zero-order chi connectivity index (χ0) is 15.0. The van der Waals surface area contributed by atoms with Crippen LogP contribution in [0.1, 0.15) is 22.7 Å². The minimum Gasteiger partial charge on any atom is -0.378 e. The van der Waals surface area contributed by atoms with Gasteiger partial charge in [-0.1, -0.05) is 6.07 Å². The van der Waals surface area contributed by atoms with Crippen molar-refractivity contribution in [1.29, 1.82) is 0 Å². The Kier molecular flexibility index (Phi) is 5.51. The number of hydrogen-bond donors (Lipinski definition) is 1. The molecular formula is C12H12ClF6NO. The molecule has 1 aromatic carbocycles. The van der Waals surface area contributed by atoms with Crippen LogP contribution in [-0.4, -0.2) is 19.8 Å². The highest BCUT2D eigenvalue weighted by atomic mass is 35.5. The van der Waals surface area contributed by atoms with Crippen molar-refractivity contribution in [3.8, 4) is 0 Å². The lowest BCUT2D eigenvalue weighted by atomic mass is 9.97. The standard InChI is InChI=1S/C12H11F6NO.ClH/c13-11(14,15)7-1-2-8(9(5-7)12(16,17)18)10-6-20-4-3-19-10;/h1-2,5,10,19H,3-4,6H2;1H/t10-;/m1./s1. The van der Waals surface area contributed by atoms with E-state index in [1.165, 1.54) is 0 Å². The molecule has 1 aliphatic rings. The monoisotopic (exact) mass is 335 g/mol. The number of hydrogen-bond acceptors (Lipinski definition) is 2. The second-order valence-corrected chi connectivity index (χ2v) is 4.38. The fourth-order valence-corrected chi connectivity index (χ4v) is 2.05. The number of ether oxygens (including phenoxy) is 1. The molecule has 1 aromatic rings. The van der Waals surface area contributed by atoms with Gasteiger partial charge in [-0.2, -0.15) is 26.3 Å². The molecule has 0 aliphatic carbocycles. The lowest BCUT2D eigenvalue weighted by Crippen LogP contribution is -2.35. The molecule has 1 N–H and O–H groups in total. The number of rotatable bonds is 1. The van der Waals surface area contributed by atoms with Crippen LogP contribution in [0.4, 0.5) is 26.3 Å². The summed E-state index contributed by atoms with van der Waals surface area (Å²) in [6, 6.07) is 0.896. The van der Waals surface area contributed by atoms with Gasteiger partial charge in [-0.25, -0.2) is 0 Å². The van der Waals surface area contributed by atoms with Gasteiger partial charge >= 0.3 is 12.4 Å². The van der Waals surface area contributed by atoms with Crippen LogP contribution in [0.5, 0.6) is 0 Å². The van der Waals surface area contributed by atoms with Crippen LogP contribution in [0.3, 0.4) is 0 Å². The fraction of sp³-hybridized carbons (Fsp3) is 0.500. The number of alkyl halides is 6. The first-order valence-corrected chi connectivity index (χ1v) is 5.79. The van der Waals surface area contributed by atoms with Crippen molar-refractivity contribution >= 4 is 12.4 Å². The van der Waals surface area contributed by atoms with Gasteiger partial charge in [-0.05, 0) is 17.7 Å². The summed E-state index contributed by atoms with van der Waals surface area (Å²) < 4.78 is 81.4. The molecule has 9 heteroatoms. The van der Waals surface area contributed by atoms with E-state index in [0.717, 1.165) is 6.07 Å². The molecule has 1 aliphatic heterocycles. The normalized spacial score (nSPS) is 20.0. The lowest BCUT2D eigenvalue weighted by Gasteiger charge is -2.27. The van der Waals surface area contributed by atoms with Gasteiger partial charge in [0.05, 0.1) is 30.4 Å². The molecule has 0 bridgehead atoms. The highest BCUT2D eigenvalue weighted by Crippen LogP contribution is 2.39. The molecule has 120 valence electrons. The Bertz CT molecular complexity index is 482. The predicted octanol–water partition coefficient (Wildman–Crippen LogP) is 3.81. The third-order valence-corrected chi connectivity index (χ3v) is 2.98. The number of nitrogens with one attached hydrogen (secondary N) is 1. The second kappa shape index (κ2) is 6.41. The molecule has 0 spiro atoms. The minimum atomic E-state index is -4.85. The van der Waals surface area contributed by atoms with Crippen LogP contribution < -0.4 is 5.32 Å². The van der Waals surface area contributed by atoms with Gasteiger partial charge in [-0.15, -0.1) is 12.4 Å². The molecular weight excluding hydrogens is 324 g/mol. The maximum absolute atomic E-state index is 12.9. The molecule has 0 saturated carbocycles.